The van der Waals surface area contributed by atoms with Crippen molar-refractivity contribution >= 4 is 0 Å². The van der Waals surface area contributed by atoms with Gasteiger partial charge in [0.05, 0.1) is 0 Å². The summed E-state index contributed by atoms with van der Waals surface area (Å²) in [7, 11) is 0. The average Bonchev–Trinajstić information content (AvgIpc) is 2.41. The van der Waals surface area contributed by atoms with Crippen molar-refractivity contribution in [2.24, 2.45) is 0 Å². The minimum atomic E-state index is 1.05. The highest BCUT2D eigenvalue weighted by Gasteiger charge is 2.08. The average molecular weight is 231 g/mol. The molecule has 1 aromatic carbocycles. The predicted molar refractivity (Wildman–Crippen MR) is 72.3 cm³/mol. The number of nitrogens with zero attached hydrogens (tertiary/aromatic N) is 2. The maximum Gasteiger partial charge on any atom is 0.0261 e. The molecule has 1 radical (unpaired) electrons. The number of rotatable bonds is 6. The molecule has 2 rings (SSSR count). The summed E-state index contributed by atoms with van der Waals surface area (Å²) in [6.07, 6.45) is 5.24. The highest BCUT2D eigenvalue weighted by atomic mass is 15.2. The molecule has 2 nitrogen and oxygen atoms in total. The molecule has 0 spiro atoms. The molecule has 1 aliphatic rings. The second-order valence-electron chi connectivity index (χ2n) is 4.81. The van der Waals surface area contributed by atoms with E-state index in [0.29, 0.717) is 0 Å². The predicted octanol–water partition coefficient (Wildman–Crippen LogP) is 2.32. The van der Waals surface area contributed by atoms with E-state index in [9.17, 15) is 0 Å². The van der Waals surface area contributed by atoms with Gasteiger partial charge in [0.15, 0.2) is 0 Å². The van der Waals surface area contributed by atoms with Crippen molar-refractivity contribution in [1.82, 2.24) is 10.2 Å². The molecule has 1 fully saturated rings. The Hall–Kier alpha value is -0.860. The molecule has 0 atom stereocenters. The Morgan fingerprint density at radius 1 is 0.941 bits per heavy atom. The summed E-state index contributed by atoms with van der Waals surface area (Å²) >= 11 is 0. The quantitative estimate of drug-likeness (QED) is 0.687. The number of unbranched alkanes of at least 4 members (excludes halogenated alkanes) is 2. The second-order valence-corrected chi connectivity index (χ2v) is 4.81. The van der Waals surface area contributed by atoms with Crippen LogP contribution >= 0.6 is 0 Å². The molecule has 0 saturated carbocycles. The van der Waals surface area contributed by atoms with Gasteiger partial charge >= 0.3 is 0 Å². The minimum absolute atomic E-state index is 1.05. The topological polar surface area (TPSA) is 17.3 Å². The number of hydrogen-bond donors (Lipinski definition) is 0. The van der Waals surface area contributed by atoms with Crippen molar-refractivity contribution in [3.05, 3.63) is 35.9 Å². The fraction of sp³-hybridized carbons (Fsp3) is 0.600. The Bertz CT molecular complexity index is 291. The molecule has 17 heavy (non-hydrogen) atoms. The smallest absolute Gasteiger partial charge is 0.0261 e. The molecule has 93 valence electrons. The van der Waals surface area contributed by atoms with Crippen LogP contribution in [0.1, 0.15) is 24.8 Å². The first kappa shape index (κ1) is 12.6. The molecule has 0 unspecified atom stereocenters. The summed E-state index contributed by atoms with van der Waals surface area (Å²) in [5, 5.41) is 4.37. The molecule has 1 aliphatic heterocycles. The zero-order valence-corrected chi connectivity index (χ0v) is 10.6. The molecular weight excluding hydrogens is 208 g/mol. The monoisotopic (exact) mass is 231 g/mol. The van der Waals surface area contributed by atoms with E-state index in [4.69, 9.17) is 0 Å². The van der Waals surface area contributed by atoms with Crippen LogP contribution in [0.4, 0.5) is 0 Å². The first-order valence-corrected chi connectivity index (χ1v) is 6.85. The van der Waals surface area contributed by atoms with E-state index in [1.807, 2.05) is 0 Å². The summed E-state index contributed by atoms with van der Waals surface area (Å²) in [4.78, 5) is 2.55. The Balaban J connectivity index is 1.51. The van der Waals surface area contributed by atoms with Crippen molar-refractivity contribution in [1.29, 1.82) is 0 Å². The lowest BCUT2D eigenvalue weighted by atomic mass is 10.1. The SMILES string of the molecule is c1ccc(CCCCCN2CC[N]CC2)cc1. The number of hydrogen-bond acceptors (Lipinski definition) is 1. The van der Waals surface area contributed by atoms with Gasteiger partial charge in [-0.1, -0.05) is 36.8 Å². The van der Waals surface area contributed by atoms with Gasteiger partial charge in [-0.15, -0.1) is 0 Å². The summed E-state index contributed by atoms with van der Waals surface area (Å²) in [6, 6.07) is 10.8. The zero-order chi connectivity index (χ0) is 11.8. The van der Waals surface area contributed by atoms with Crippen molar-refractivity contribution in [3.8, 4) is 0 Å². The van der Waals surface area contributed by atoms with Gasteiger partial charge < -0.3 is 4.90 Å². The van der Waals surface area contributed by atoms with Gasteiger partial charge in [-0.3, -0.25) is 0 Å². The van der Waals surface area contributed by atoms with Crippen LogP contribution in [0.3, 0.4) is 0 Å². The molecule has 0 bridgehead atoms. The second kappa shape index (κ2) is 7.46. The van der Waals surface area contributed by atoms with Crippen LogP contribution in [-0.2, 0) is 6.42 Å². The number of aryl methyl sites for hydroxylation is 1. The highest BCUT2D eigenvalue weighted by molar-refractivity contribution is 5.14. The maximum atomic E-state index is 4.37. The van der Waals surface area contributed by atoms with Crippen LogP contribution in [0.5, 0.6) is 0 Å². The summed E-state index contributed by atoms with van der Waals surface area (Å²) < 4.78 is 0. The first-order valence-electron chi connectivity index (χ1n) is 6.85. The highest BCUT2D eigenvalue weighted by Crippen LogP contribution is 2.07. The third-order valence-corrected chi connectivity index (χ3v) is 3.43. The summed E-state index contributed by atoms with van der Waals surface area (Å²) in [6.45, 7) is 5.72. The van der Waals surface area contributed by atoms with E-state index in [-0.39, 0.29) is 0 Å². The Labute approximate surface area is 105 Å². The molecule has 0 N–H and O–H groups in total. The number of benzene rings is 1. The third-order valence-electron chi connectivity index (χ3n) is 3.43. The Morgan fingerprint density at radius 3 is 2.47 bits per heavy atom. The van der Waals surface area contributed by atoms with Gasteiger partial charge in [0, 0.05) is 26.2 Å². The van der Waals surface area contributed by atoms with E-state index in [1.54, 1.807) is 0 Å². The lowest BCUT2D eigenvalue weighted by molar-refractivity contribution is 0.234. The van der Waals surface area contributed by atoms with Crippen molar-refractivity contribution in [3.63, 3.8) is 0 Å². The van der Waals surface area contributed by atoms with Gasteiger partial charge in [-0.2, -0.15) is 0 Å². The van der Waals surface area contributed by atoms with Crippen LogP contribution in [0.2, 0.25) is 0 Å². The molecule has 2 heteroatoms. The summed E-state index contributed by atoms with van der Waals surface area (Å²) in [5.74, 6) is 0. The molecule has 1 saturated heterocycles. The molecular formula is C15H23N2. The standard InChI is InChI=1S/C15H23N2/c1-3-7-15(8-4-1)9-5-2-6-12-17-13-10-16-11-14-17/h1,3-4,7-8H,2,5-6,9-14H2. The molecule has 0 aromatic heterocycles. The number of piperazine rings is 1. The molecule has 0 aliphatic carbocycles. The van der Waals surface area contributed by atoms with Crippen molar-refractivity contribution in [2.75, 3.05) is 32.7 Å². The molecule has 0 amide bonds. The maximum absolute atomic E-state index is 4.37. The van der Waals surface area contributed by atoms with Gasteiger partial charge in [0.25, 0.3) is 0 Å². The van der Waals surface area contributed by atoms with Gasteiger partial charge in [0.2, 0.25) is 0 Å². The fourth-order valence-corrected chi connectivity index (χ4v) is 2.36. The lowest BCUT2D eigenvalue weighted by Crippen LogP contribution is -2.40. The van der Waals surface area contributed by atoms with Gasteiger partial charge in [-0.05, 0) is 31.4 Å². The third kappa shape index (κ3) is 4.88. The minimum Gasteiger partial charge on any atom is -0.301 e. The largest absolute Gasteiger partial charge is 0.301 e. The van der Waals surface area contributed by atoms with E-state index in [1.165, 1.54) is 50.9 Å². The fourth-order valence-electron chi connectivity index (χ4n) is 2.36. The van der Waals surface area contributed by atoms with Crippen LogP contribution in [0, 0.1) is 0 Å². The zero-order valence-electron chi connectivity index (χ0n) is 10.6. The van der Waals surface area contributed by atoms with Crippen LogP contribution < -0.4 is 5.32 Å². The van der Waals surface area contributed by atoms with Crippen LogP contribution in [0.25, 0.3) is 0 Å². The Kier molecular flexibility index (Phi) is 5.53. The first-order chi connectivity index (χ1) is 8.45. The molecule has 1 heterocycles. The van der Waals surface area contributed by atoms with Gasteiger partial charge in [-0.25, -0.2) is 5.32 Å². The van der Waals surface area contributed by atoms with Crippen LogP contribution in [-0.4, -0.2) is 37.6 Å². The van der Waals surface area contributed by atoms with Crippen LogP contribution in [0.15, 0.2) is 30.3 Å². The van der Waals surface area contributed by atoms with Crippen molar-refractivity contribution < 1.29 is 0 Å². The van der Waals surface area contributed by atoms with Crippen molar-refractivity contribution in [2.45, 2.75) is 25.7 Å². The van der Waals surface area contributed by atoms with E-state index < -0.39 is 0 Å². The normalized spacial score (nSPS) is 17.2. The van der Waals surface area contributed by atoms with E-state index >= 15 is 0 Å². The van der Waals surface area contributed by atoms with Gasteiger partial charge in [0.1, 0.15) is 0 Å². The molecule has 1 aromatic rings. The summed E-state index contributed by atoms with van der Waals surface area (Å²) in [5.41, 5.74) is 1.48. The van der Waals surface area contributed by atoms with E-state index in [0.717, 1.165) is 13.1 Å². The van der Waals surface area contributed by atoms with E-state index in [2.05, 4.69) is 40.5 Å². The lowest BCUT2D eigenvalue weighted by Gasteiger charge is -2.26. The Morgan fingerprint density at radius 2 is 1.71 bits per heavy atom.